The van der Waals surface area contributed by atoms with E-state index >= 15 is 0 Å². The van der Waals surface area contributed by atoms with E-state index in [0.29, 0.717) is 0 Å². The molecule has 0 bridgehead atoms. The zero-order chi connectivity index (χ0) is 20.3. The first-order chi connectivity index (χ1) is 14.3. The van der Waals surface area contributed by atoms with Crippen LogP contribution in [0.4, 0.5) is 0 Å². The predicted molar refractivity (Wildman–Crippen MR) is 126 cm³/mol. The van der Waals surface area contributed by atoms with Crippen molar-refractivity contribution in [3.8, 4) is 11.3 Å². The van der Waals surface area contributed by atoms with Crippen molar-refractivity contribution in [1.29, 1.82) is 0 Å². The third-order valence-electron chi connectivity index (χ3n) is 7.03. The highest BCUT2D eigenvalue weighted by Gasteiger charge is 2.19. The minimum Gasteiger partial charge on any atom is -0.256 e. The molecule has 1 aliphatic rings. The number of hydrogen-bond donors (Lipinski definition) is 0. The third-order valence-corrected chi connectivity index (χ3v) is 7.03. The van der Waals surface area contributed by atoms with Gasteiger partial charge < -0.3 is 0 Å². The molecule has 0 unspecified atom stereocenters. The molecule has 158 valence electrons. The summed E-state index contributed by atoms with van der Waals surface area (Å²) in [6.07, 6.45) is 19.7. The predicted octanol–water partition coefficient (Wildman–Crippen LogP) is 8.41. The fourth-order valence-corrected chi connectivity index (χ4v) is 4.82. The summed E-state index contributed by atoms with van der Waals surface area (Å²) < 4.78 is 0. The van der Waals surface area contributed by atoms with Crippen LogP contribution in [0.15, 0.2) is 42.6 Å². The van der Waals surface area contributed by atoms with Crippen LogP contribution in [0.25, 0.3) is 11.3 Å². The third kappa shape index (κ3) is 7.28. The summed E-state index contributed by atoms with van der Waals surface area (Å²) in [6.45, 7) is 4.62. The number of rotatable bonds is 11. The number of unbranched alkanes of at least 4 members (excludes halogenated alkanes) is 4. The van der Waals surface area contributed by atoms with Crippen LogP contribution in [-0.4, -0.2) is 4.98 Å². The molecule has 0 N–H and O–H groups in total. The molecule has 0 atom stereocenters. The fraction of sp³-hybridized carbons (Fsp3) is 0.607. The van der Waals surface area contributed by atoms with Crippen LogP contribution in [-0.2, 0) is 12.8 Å². The molecule has 0 spiro atoms. The van der Waals surface area contributed by atoms with Crippen LogP contribution in [0, 0.1) is 11.8 Å². The van der Waals surface area contributed by atoms with Crippen LogP contribution in [0.3, 0.4) is 0 Å². The van der Waals surface area contributed by atoms with E-state index < -0.39 is 0 Å². The molecule has 1 aromatic carbocycles. The quantitative estimate of drug-likeness (QED) is 0.350. The van der Waals surface area contributed by atoms with E-state index in [-0.39, 0.29) is 0 Å². The smallest absolute Gasteiger partial charge is 0.0702 e. The highest BCUT2D eigenvalue weighted by Crippen LogP contribution is 2.33. The van der Waals surface area contributed by atoms with E-state index in [4.69, 9.17) is 4.98 Å². The van der Waals surface area contributed by atoms with Gasteiger partial charge in [-0.1, -0.05) is 102 Å². The van der Waals surface area contributed by atoms with Crippen LogP contribution < -0.4 is 0 Å². The molecule has 1 heterocycles. The summed E-state index contributed by atoms with van der Waals surface area (Å²) in [5.74, 6) is 1.96. The van der Waals surface area contributed by atoms with Gasteiger partial charge in [-0.25, -0.2) is 0 Å². The Morgan fingerprint density at radius 2 is 1.41 bits per heavy atom. The van der Waals surface area contributed by atoms with Crippen molar-refractivity contribution in [1.82, 2.24) is 4.98 Å². The first-order valence-electron chi connectivity index (χ1n) is 12.3. The van der Waals surface area contributed by atoms with Gasteiger partial charge in [-0.05, 0) is 54.7 Å². The van der Waals surface area contributed by atoms with E-state index in [9.17, 15) is 0 Å². The highest BCUT2D eigenvalue weighted by atomic mass is 14.7. The summed E-state index contributed by atoms with van der Waals surface area (Å²) in [6, 6.07) is 13.6. The lowest BCUT2D eigenvalue weighted by atomic mass is 9.78. The maximum Gasteiger partial charge on any atom is 0.0702 e. The molecule has 3 rings (SSSR count). The van der Waals surface area contributed by atoms with Crippen molar-refractivity contribution >= 4 is 0 Å². The largest absolute Gasteiger partial charge is 0.256 e. The van der Waals surface area contributed by atoms with Crippen molar-refractivity contribution in [3.63, 3.8) is 0 Å². The molecule has 0 radical (unpaired) electrons. The molecule has 1 aliphatic carbocycles. The number of pyridine rings is 1. The van der Waals surface area contributed by atoms with E-state index in [0.717, 1.165) is 24.0 Å². The molecule has 0 saturated heterocycles. The average Bonchev–Trinajstić information content (AvgIpc) is 2.79. The number of aromatic nitrogens is 1. The number of hydrogen-bond acceptors (Lipinski definition) is 1. The fourth-order valence-electron chi connectivity index (χ4n) is 4.82. The van der Waals surface area contributed by atoms with Crippen LogP contribution in [0.1, 0.15) is 95.6 Å². The first-order valence-corrected chi connectivity index (χ1v) is 12.3. The molecule has 1 aromatic heterocycles. The van der Waals surface area contributed by atoms with Gasteiger partial charge in [0.1, 0.15) is 0 Å². The average molecular weight is 392 g/mol. The Morgan fingerprint density at radius 3 is 2.07 bits per heavy atom. The molecule has 0 aliphatic heterocycles. The van der Waals surface area contributed by atoms with Crippen molar-refractivity contribution in [2.75, 3.05) is 0 Å². The molecular weight excluding hydrogens is 350 g/mol. The van der Waals surface area contributed by atoms with Crippen LogP contribution in [0.2, 0.25) is 0 Å². The van der Waals surface area contributed by atoms with Gasteiger partial charge >= 0.3 is 0 Å². The maximum atomic E-state index is 4.73. The lowest BCUT2D eigenvalue weighted by molar-refractivity contribution is 0.259. The van der Waals surface area contributed by atoms with Crippen molar-refractivity contribution < 1.29 is 0 Å². The monoisotopic (exact) mass is 391 g/mol. The lowest BCUT2D eigenvalue weighted by Crippen LogP contribution is -2.14. The molecule has 1 fully saturated rings. The Morgan fingerprint density at radius 1 is 0.724 bits per heavy atom. The lowest BCUT2D eigenvalue weighted by Gasteiger charge is -2.27. The Hall–Kier alpha value is -1.63. The molecule has 2 aromatic rings. The summed E-state index contributed by atoms with van der Waals surface area (Å²) in [7, 11) is 0. The van der Waals surface area contributed by atoms with Gasteiger partial charge in [0.2, 0.25) is 0 Å². The van der Waals surface area contributed by atoms with Gasteiger partial charge in [-0.3, -0.25) is 4.98 Å². The number of nitrogens with zero attached hydrogens (tertiary/aromatic N) is 1. The molecule has 1 saturated carbocycles. The highest BCUT2D eigenvalue weighted by molar-refractivity contribution is 5.59. The molecule has 29 heavy (non-hydrogen) atoms. The first kappa shape index (κ1) is 22.1. The van der Waals surface area contributed by atoms with Gasteiger partial charge in [0, 0.05) is 11.8 Å². The topological polar surface area (TPSA) is 12.9 Å². The molecule has 0 amide bonds. The Labute approximate surface area is 179 Å². The SMILES string of the molecule is CCCCCCCc1ccc(-c2ccc(CC[C@H]3CC[C@H](CC)CC3)cc2)nc1. The van der Waals surface area contributed by atoms with Crippen LogP contribution in [0.5, 0.6) is 0 Å². The van der Waals surface area contributed by atoms with E-state index in [1.165, 1.54) is 93.7 Å². The van der Waals surface area contributed by atoms with E-state index in [2.05, 4.69) is 56.4 Å². The van der Waals surface area contributed by atoms with Gasteiger partial charge in [-0.15, -0.1) is 0 Å². The minimum atomic E-state index is 0.952. The van der Waals surface area contributed by atoms with Crippen molar-refractivity contribution in [3.05, 3.63) is 53.7 Å². The summed E-state index contributed by atoms with van der Waals surface area (Å²) in [5.41, 5.74) is 5.20. The zero-order valence-electron chi connectivity index (χ0n) is 18.8. The van der Waals surface area contributed by atoms with Gasteiger partial charge in [-0.2, -0.15) is 0 Å². The number of aryl methyl sites for hydroxylation is 2. The Balaban J connectivity index is 1.43. The van der Waals surface area contributed by atoms with Crippen molar-refractivity contribution in [2.24, 2.45) is 11.8 Å². The van der Waals surface area contributed by atoms with E-state index in [1.54, 1.807) is 0 Å². The van der Waals surface area contributed by atoms with Gasteiger partial charge in [0.05, 0.1) is 5.69 Å². The summed E-state index contributed by atoms with van der Waals surface area (Å²) in [4.78, 5) is 4.73. The Kier molecular flexibility index (Phi) is 9.25. The minimum absolute atomic E-state index is 0.952. The standard InChI is InChI=1S/C28H41N/c1-3-5-6-7-8-9-26-18-21-28(29-22-26)27-19-16-25(17-20-27)15-14-24-12-10-23(4-2)11-13-24/h16-24H,3-15H2,1-2H3/t23-,24-. The van der Waals surface area contributed by atoms with Crippen molar-refractivity contribution in [2.45, 2.75) is 97.3 Å². The van der Waals surface area contributed by atoms with Gasteiger partial charge in [0.25, 0.3) is 0 Å². The zero-order valence-corrected chi connectivity index (χ0v) is 18.8. The molecule has 1 nitrogen and oxygen atoms in total. The normalized spacial score (nSPS) is 19.4. The van der Waals surface area contributed by atoms with E-state index in [1.807, 2.05) is 0 Å². The second-order valence-corrected chi connectivity index (χ2v) is 9.25. The molecule has 1 heteroatoms. The second kappa shape index (κ2) is 12.2. The number of benzene rings is 1. The summed E-state index contributed by atoms with van der Waals surface area (Å²) >= 11 is 0. The van der Waals surface area contributed by atoms with Gasteiger partial charge in [0.15, 0.2) is 0 Å². The van der Waals surface area contributed by atoms with Crippen LogP contribution >= 0.6 is 0 Å². The molecular formula is C28H41N. The Bertz CT molecular complexity index is 677. The second-order valence-electron chi connectivity index (χ2n) is 9.25. The maximum absolute atomic E-state index is 4.73. The summed E-state index contributed by atoms with van der Waals surface area (Å²) in [5, 5.41) is 0.